The molecule has 1 atom stereocenters. The van der Waals surface area contributed by atoms with Gasteiger partial charge in [0.25, 0.3) is 5.91 Å². The lowest BCUT2D eigenvalue weighted by molar-refractivity contribution is 0.0234. The summed E-state index contributed by atoms with van der Waals surface area (Å²) < 4.78 is 68.5. The number of aromatic nitrogens is 2. The topological polar surface area (TPSA) is 102 Å². The quantitative estimate of drug-likeness (QED) is 0.476. The van der Waals surface area contributed by atoms with Crippen LogP contribution in [0.5, 0.6) is 5.75 Å². The Morgan fingerprint density at radius 2 is 1.90 bits per heavy atom. The van der Waals surface area contributed by atoms with Crippen LogP contribution >= 0.6 is 0 Å². The molecule has 9 nitrogen and oxygen atoms in total. The molecule has 2 fully saturated rings. The van der Waals surface area contributed by atoms with Crippen molar-refractivity contribution in [3.05, 3.63) is 59.4 Å². The molecule has 2 saturated heterocycles. The van der Waals surface area contributed by atoms with E-state index in [9.17, 15) is 17.6 Å². The molecule has 0 bridgehead atoms. The van der Waals surface area contributed by atoms with E-state index in [0.717, 1.165) is 12.5 Å². The van der Waals surface area contributed by atoms with Crippen molar-refractivity contribution in [2.24, 2.45) is 0 Å². The first kappa shape index (κ1) is 27.3. The maximum absolute atomic E-state index is 15.1. The Hall–Kier alpha value is -3.25. The number of ether oxygens (including phenoxy) is 2. The van der Waals surface area contributed by atoms with Crippen LogP contribution < -0.4 is 14.4 Å². The Bertz CT molecular complexity index is 1500. The number of benzene rings is 1. The van der Waals surface area contributed by atoms with E-state index in [0.29, 0.717) is 55.8 Å². The van der Waals surface area contributed by atoms with Crippen LogP contribution in [-0.4, -0.2) is 54.5 Å². The number of sulfonamides is 1. The van der Waals surface area contributed by atoms with E-state index in [1.807, 2.05) is 4.90 Å². The highest BCUT2D eigenvalue weighted by Crippen LogP contribution is 2.42. The van der Waals surface area contributed by atoms with Crippen LogP contribution in [0, 0.1) is 11.6 Å². The first-order chi connectivity index (χ1) is 18.4. The molecule has 0 spiro atoms. The average molecular weight is 563 g/mol. The van der Waals surface area contributed by atoms with E-state index >= 15 is 4.39 Å². The second kappa shape index (κ2) is 10.4. The molecular weight excluding hydrogens is 530 g/mol. The van der Waals surface area contributed by atoms with Crippen LogP contribution in [0.4, 0.5) is 14.5 Å². The number of fused-ring (bicyclic) bond motifs is 1. The molecule has 12 heteroatoms. The number of rotatable bonds is 6. The zero-order valence-electron chi connectivity index (χ0n) is 22.1. The predicted octanol–water partition coefficient (Wildman–Crippen LogP) is 4.37. The van der Waals surface area contributed by atoms with E-state index in [4.69, 9.17) is 9.47 Å². The van der Waals surface area contributed by atoms with Crippen molar-refractivity contribution in [1.29, 1.82) is 0 Å². The first-order valence-electron chi connectivity index (χ1n) is 13.0. The molecule has 5 rings (SSSR count). The van der Waals surface area contributed by atoms with Gasteiger partial charge in [-0.05, 0) is 51.8 Å². The van der Waals surface area contributed by atoms with Crippen LogP contribution in [0.1, 0.15) is 68.4 Å². The maximum atomic E-state index is 15.1. The number of hydrogen-bond donors (Lipinski definition) is 1. The minimum Gasteiger partial charge on any atom is -0.487 e. The third kappa shape index (κ3) is 5.44. The van der Waals surface area contributed by atoms with Gasteiger partial charge in [-0.3, -0.25) is 4.79 Å². The first-order valence-corrected chi connectivity index (χ1v) is 14.5. The Morgan fingerprint density at radius 3 is 2.62 bits per heavy atom. The summed E-state index contributed by atoms with van der Waals surface area (Å²) >= 11 is 0. The summed E-state index contributed by atoms with van der Waals surface area (Å²) in [5.74, 6) is -2.15. The Balaban J connectivity index is 1.48. The monoisotopic (exact) mass is 562 g/mol. The van der Waals surface area contributed by atoms with Crippen molar-refractivity contribution >= 4 is 27.1 Å². The molecule has 1 N–H and O–H groups in total. The van der Waals surface area contributed by atoms with Gasteiger partial charge >= 0.3 is 0 Å². The second-order valence-corrected chi connectivity index (χ2v) is 13.3. The van der Waals surface area contributed by atoms with E-state index < -0.39 is 32.3 Å². The van der Waals surface area contributed by atoms with Gasteiger partial charge in [0.05, 0.1) is 41.3 Å². The minimum absolute atomic E-state index is 0.0538. The molecule has 0 unspecified atom stereocenters. The zero-order chi connectivity index (χ0) is 27.9. The molecule has 2 aliphatic heterocycles. The molecule has 2 aromatic heterocycles. The minimum atomic E-state index is -3.93. The highest BCUT2D eigenvalue weighted by molar-refractivity contribution is 7.91. The highest BCUT2D eigenvalue weighted by Gasteiger charge is 2.34. The summed E-state index contributed by atoms with van der Waals surface area (Å²) in [6, 6.07) is 5.34. The molecule has 39 heavy (non-hydrogen) atoms. The number of halogens is 2. The summed E-state index contributed by atoms with van der Waals surface area (Å²) in [5, 5.41) is 4.19. The third-order valence-corrected chi connectivity index (χ3v) is 9.28. The summed E-state index contributed by atoms with van der Waals surface area (Å²) in [4.78, 5) is 15.0. The molecule has 210 valence electrons. The molecule has 2 aliphatic rings. The number of pyridine rings is 1. The number of nitrogens with zero attached hydrogens (tertiary/aromatic N) is 3. The molecule has 4 heterocycles. The number of amides is 1. The molecular formula is C27H32F2N4O5S. The predicted molar refractivity (Wildman–Crippen MR) is 141 cm³/mol. The third-order valence-electron chi connectivity index (χ3n) is 7.22. The van der Waals surface area contributed by atoms with Gasteiger partial charge in [0.1, 0.15) is 11.9 Å². The van der Waals surface area contributed by atoms with Crippen LogP contribution in [0.2, 0.25) is 0 Å². The molecule has 1 aromatic carbocycles. The van der Waals surface area contributed by atoms with Gasteiger partial charge < -0.3 is 14.4 Å². The Morgan fingerprint density at radius 1 is 1.15 bits per heavy atom. The summed E-state index contributed by atoms with van der Waals surface area (Å²) in [6.45, 7) is 6.16. The van der Waals surface area contributed by atoms with Crippen molar-refractivity contribution in [2.45, 2.75) is 63.3 Å². The average Bonchev–Trinajstić information content (AvgIpc) is 3.52. The van der Waals surface area contributed by atoms with Crippen molar-refractivity contribution in [3.63, 3.8) is 0 Å². The molecule has 0 saturated carbocycles. The van der Waals surface area contributed by atoms with E-state index in [1.165, 1.54) is 37.5 Å². The van der Waals surface area contributed by atoms with Crippen molar-refractivity contribution < 1.29 is 31.5 Å². The van der Waals surface area contributed by atoms with Gasteiger partial charge in [0.15, 0.2) is 11.6 Å². The van der Waals surface area contributed by atoms with Crippen molar-refractivity contribution in [1.82, 2.24) is 14.3 Å². The zero-order valence-corrected chi connectivity index (χ0v) is 22.9. The summed E-state index contributed by atoms with van der Waals surface area (Å²) in [6.07, 6.45) is 5.43. The van der Waals surface area contributed by atoms with Gasteiger partial charge in [0.2, 0.25) is 10.0 Å². The number of anilines is 1. The standard InChI is InChI=1S/C27H32F2N4O5S/c1-27(2,3)39(35,36)31-26(34)21-16-30-33-10-6-18(15-24(21)33)32-9-4-5-23(32)20-13-17(28)14-22(29)25(20)38-19-7-11-37-12-8-19/h6,10,13-16,19,23H,4-5,7-9,11-12H2,1-3H3,(H,31,34)/t23-/m1/s1. The fourth-order valence-corrected chi connectivity index (χ4v) is 5.63. The smallest absolute Gasteiger partial charge is 0.268 e. The normalized spacial score (nSPS) is 19.0. The molecule has 0 radical (unpaired) electrons. The maximum Gasteiger partial charge on any atom is 0.268 e. The Labute approximate surface area is 226 Å². The van der Waals surface area contributed by atoms with Crippen LogP contribution in [0.3, 0.4) is 0 Å². The van der Waals surface area contributed by atoms with E-state index in [-0.39, 0.29) is 23.5 Å². The highest BCUT2D eigenvalue weighted by atomic mass is 32.2. The fraction of sp³-hybridized carbons (Fsp3) is 0.481. The number of carbonyl (C=O) groups excluding carboxylic acids is 1. The van der Waals surface area contributed by atoms with Gasteiger partial charge in [0, 0.05) is 42.9 Å². The lowest BCUT2D eigenvalue weighted by Crippen LogP contribution is -2.42. The molecule has 0 aliphatic carbocycles. The van der Waals surface area contributed by atoms with E-state index in [2.05, 4.69) is 9.82 Å². The summed E-state index contributed by atoms with van der Waals surface area (Å²) in [5.41, 5.74) is 1.64. The Kier molecular flexibility index (Phi) is 7.27. The second-order valence-electron chi connectivity index (χ2n) is 10.9. The number of hydrogen-bond acceptors (Lipinski definition) is 7. The van der Waals surface area contributed by atoms with Gasteiger partial charge in [-0.2, -0.15) is 5.10 Å². The van der Waals surface area contributed by atoms with Crippen LogP contribution in [0.15, 0.2) is 36.7 Å². The van der Waals surface area contributed by atoms with Crippen molar-refractivity contribution in [3.8, 4) is 5.75 Å². The van der Waals surface area contributed by atoms with E-state index in [1.54, 1.807) is 18.3 Å². The van der Waals surface area contributed by atoms with Gasteiger partial charge in [-0.25, -0.2) is 26.4 Å². The molecule has 1 amide bonds. The fourth-order valence-electron chi connectivity index (χ4n) is 4.96. The van der Waals surface area contributed by atoms with Gasteiger partial charge in [-0.1, -0.05) is 0 Å². The van der Waals surface area contributed by atoms with Crippen LogP contribution in [-0.2, 0) is 14.8 Å². The van der Waals surface area contributed by atoms with Crippen LogP contribution in [0.25, 0.3) is 5.52 Å². The lowest BCUT2D eigenvalue weighted by atomic mass is 10.0. The lowest BCUT2D eigenvalue weighted by Gasteiger charge is -2.30. The summed E-state index contributed by atoms with van der Waals surface area (Å²) in [7, 11) is -3.93. The largest absolute Gasteiger partial charge is 0.487 e. The SMILES string of the molecule is CC(C)(C)S(=O)(=O)NC(=O)c1cnn2ccc(N3CCC[C@@H]3c3cc(F)cc(F)c3OC3CCOCC3)cc12. The number of nitrogens with one attached hydrogen (secondary N) is 1. The van der Waals surface area contributed by atoms with Crippen molar-refractivity contribution in [2.75, 3.05) is 24.7 Å². The number of carbonyl (C=O) groups is 1. The molecule has 3 aromatic rings. The van der Waals surface area contributed by atoms with Gasteiger partial charge in [-0.15, -0.1) is 0 Å².